The standard InChI is InChI=1S/C22H34N2O/c1-18(2)12-14-23(17-22(25)19(3)4)16-21-11-8-13-24(21)15-20-9-6-5-7-10-20/h5-11,13,18-19,22,25H,12,14-17H2,1-4H3/p+1/t22-/m1/s1. The number of hydrogen-bond donors (Lipinski definition) is 2. The smallest absolute Gasteiger partial charge is 0.118 e. The van der Waals surface area contributed by atoms with Crippen LogP contribution in [0.2, 0.25) is 0 Å². The molecule has 2 N–H and O–H groups in total. The summed E-state index contributed by atoms with van der Waals surface area (Å²) in [4.78, 5) is 1.47. The first-order chi connectivity index (χ1) is 12.0. The van der Waals surface area contributed by atoms with E-state index in [2.05, 4.69) is 80.9 Å². The summed E-state index contributed by atoms with van der Waals surface area (Å²) in [7, 11) is 0. The largest absolute Gasteiger partial charge is 0.387 e. The predicted octanol–water partition coefficient (Wildman–Crippen LogP) is 2.98. The highest BCUT2D eigenvalue weighted by atomic mass is 16.3. The molecule has 1 heterocycles. The van der Waals surface area contributed by atoms with Crippen LogP contribution in [0.1, 0.15) is 45.4 Å². The Morgan fingerprint density at radius 2 is 1.72 bits per heavy atom. The minimum absolute atomic E-state index is 0.236. The van der Waals surface area contributed by atoms with Crippen molar-refractivity contribution < 1.29 is 10.0 Å². The Labute approximate surface area is 153 Å². The van der Waals surface area contributed by atoms with Gasteiger partial charge in [0.05, 0.1) is 12.2 Å². The van der Waals surface area contributed by atoms with Crippen LogP contribution in [0, 0.1) is 11.8 Å². The minimum atomic E-state index is -0.236. The number of aliphatic hydroxyl groups is 1. The second-order valence-corrected chi connectivity index (χ2v) is 7.99. The van der Waals surface area contributed by atoms with Crippen molar-refractivity contribution in [2.75, 3.05) is 13.1 Å². The normalized spacial score (nSPS) is 14.2. The monoisotopic (exact) mass is 343 g/mol. The Bertz CT molecular complexity index is 603. The van der Waals surface area contributed by atoms with Gasteiger partial charge in [0.15, 0.2) is 0 Å². The summed E-state index contributed by atoms with van der Waals surface area (Å²) in [6, 6.07) is 15.0. The summed E-state index contributed by atoms with van der Waals surface area (Å²) in [5.74, 6) is 1.01. The average molecular weight is 344 g/mol. The number of aromatic nitrogens is 1. The van der Waals surface area contributed by atoms with Crippen LogP contribution in [0.25, 0.3) is 0 Å². The average Bonchev–Trinajstić information content (AvgIpc) is 3.00. The van der Waals surface area contributed by atoms with Gasteiger partial charge in [0, 0.05) is 12.7 Å². The summed E-state index contributed by atoms with van der Waals surface area (Å²) in [5.41, 5.74) is 2.67. The fourth-order valence-corrected chi connectivity index (χ4v) is 3.09. The van der Waals surface area contributed by atoms with E-state index in [1.54, 1.807) is 0 Å². The van der Waals surface area contributed by atoms with E-state index in [1.807, 2.05) is 0 Å². The molecule has 0 radical (unpaired) electrons. The summed E-state index contributed by atoms with van der Waals surface area (Å²) < 4.78 is 2.34. The third kappa shape index (κ3) is 6.68. The van der Waals surface area contributed by atoms with E-state index in [0.29, 0.717) is 11.8 Å². The molecule has 3 nitrogen and oxygen atoms in total. The molecule has 0 saturated carbocycles. The van der Waals surface area contributed by atoms with Crippen molar-refractivity contribution in [1.29, 1.82) is 0 Å². The van der Waals surface area contributed by atoms with Crippen LogP contribution in [-0.4, -0.2) is 28.9 Å². The van der Waals surface area contributed by atoms with E-state index in [1.165, 1.54) is 22.6 Å². The Morgan fingerprint density at radius 3 is 2.36 bits per heavy atom. The predicted molar refractivity (Wildman–Crippen MR) is 105 cm³/mol. The van der Waals surface area contributed by atoms with Gasteiger partial charge < -0.3 is 14.6 Å². The van der Waals surface area contributed by atoms with E-state index >= 15 is 0 Å². The lowest BCUT2D eigenvalue weighted by molar-refractivity contribution is -0.918. The summed E-state index contributed by atoms with van der Waals surface area (Å²) >= 11 is 0. The van der Waals surface area contributed by atoms with Gasteiger partial charge in [-0.25, -0.2) is 0 Å². The molecule has 0 fully saturated rings. The van der Waals surface area contributed by atoms with E-state index in [4.69, 9.17) is 0 Å². The molecule has 0 amide bonds. The highest BCUT2D eigenvalue weighted by Gasteiger charge is 2.20. The molecule has 3 heteroatoms. The van der Waals surface area contributed by atoms with Crippen molar-refractivity contribution in [3.8, 4) is 0 Å². The minimum Gasteiger partial charge on any atom is -0.387 e. The topological polar surface area (TPSA) is 29.6 Å². The molecule has 0 bridgehead atoms. The quantitative estimate of drug-likeness (QED) is 0.682. The molecule has 25 heavy (non-hydrogen) atoms. The molecule has 2 aromatic rings. The van der Waals surface area contributed by atoms with E-state index in [0.717, 1.165) is 26.2 Å². The number of nitrogens with one attached hydrogen (secondary N) is 1. The lowest BCUT2D eigenvalue weighted by Crippen LogP contribution is -3.12. The first-order valence-corrected chi connectivity index (χ1v) is 9.65. The Kier molecular flexibility index (Phi) is 7.73. The summed E-state index contributed by atoms with van der Waals surface area (Å²) in [6.45, 7) is 12.6. The number of benzene rings is 1. The molecular weight excluding hydrogens is 308 g/mol. The first kappa shape index (κ1) is 19.7. The number of aliphatic hydroxyl groups excluding tert-OH is 1. The molecule has 0 aliphatic carbocycles. The zero-order valence-electron chi connectivity index (χ0n) is 16.3. The van der Waals surface area contributed by atoms with Gasteiger partial charge >= 0.3 is 0 Å². The SMILES string of the molecule is CC(C)CC[NH+](Cc1cccn1Cc1ccccc1)C[C@@H](O)C(C)C. The van der Waals surface area contributed by atoms with Crippen LogP contribution in [0.3, 0.4) is 0 Å². The van der Waals surface area contributed by atoms with Crippen LogP contribution in [0.15, 0.2) is 48.7 Å². The van der Waals surface area contributed by atoms with Crippen LogP contribution < -0.4 is 4.90 Å². The van der Waals surface area contributed by atoms with Gasteiger partial charge in [-0.3, -0.25) is 0 Å². The van der Waals surface area contributed by atoms with E-state index in [-0.39, 0.29) is 6.10 Å². The molecule has 1 unspecified atom stereocenters. The van der Waals surface area contributed by atoms with Crippen molar-refractivity contribution in [3.63, 3.8) is 0 Å². The zero-order chi connectivity index (χ0) is 18.2. The van der Waals surface area contributed by atoms with Gasteiger partial charge in [-0.2, -0.15) is 0 Å². The molecule has 1 aromatic carbocycles. The molecule has 0 spiro atoms. The Hall–Kier alpha value is -1.58. The first-order valence-electron chi connectivity index (χ1n) is 9.65. The molecule has 0 saturated heterocycles. The van der Waals surface area contributed by atoms with Crippen LogP contribution in [0.4, 0.5) is 0 Å². The van der Waals surface area contributed by atoms with Gasteiger partial charge in [0.2, 0.25) is 0 Å². The van der Waals surface area contributed by atoms with Crippen LogP contribution in [0.5, 0.6) is 0 Å². The summed E-state index contributed by atoms with van der Waals surface area (Å²) in [6.07, 6.45) is 3.13. The van der Waals surface area contributed by atoms with E-state index < -0.39 is 0 Å². The maximum atomic E-state index is 10.4. The Morgan fingerprint density at radius 1 is 1.00 bits per heavy atom. The van der Waals surface area contributed by atoms with Gasteiger partial charge in [-0.15, -0.1) is 0 Å². The number of quaternary nitrogens is 1. The van der Waals surface area contributed by atoms with Crippen LogP contribution in [-0.2, 0) is 13.1 Å². The maximum Gasteiger partial charge on any atom is 0.118 e. The molecule has 1 aromatic heterocycles. The zero-order valence-corrected chi connectivity index (χ0v) is 16.3. The number of rotatable bonds is 10. The van der Waals surface area contributed by atoms with Gasteiger partial charge in [0.1, 0.15) is 19.2 Å². The Balaban J connectivity index is 2.05. The maximum absolute atomic E-state index is 10.4. The molecule has 138 valence electrons. The third-order valence-electron chi connectivity index (χ3n) is 4.89. The van der Waals surface area contributed by atoms with Gasteiger partial charge in [-0.1, -0.05) is 58.0 Å². The van der Waals surface area contributed by atoms with Crippen molar-refractivity contribution in [1.82, 2.24) is 4.57 Å². The van der Waals surface area contributed by atoms with E-state index in [9.17, 15) is 5.11 Å². The molecule has 0 aliphatic heterocycles. The van der Waals surface area contributed by atoms with Gasteiger partial charge in [0.25, 0.3) is 0 Å². The highest BCUT2D eigenvalue weighted by Crippen LogP contribution is 2.08. The molecule has 2 rings (SSSR count). The van der Waals surface area contributed by atoms with Crippen molar-refractivity contribution in [2.45, 2.75) is 53.3 Å². The lowest BCUT2D eigenvalue weighted by Gasteiger charge is -2.25. The van der Waals surface area contributed by atoms with Crippen molar-refractivity contribution in [3.05, 3.63) is 59.9 Å². The molecular formula is C22H35N2O+. The highest BCUT2D eigenvalue weighted by molar-refractivity contribution is 5.17. The number of nitrogens with zero attached hydrogens (tertiary/aromatic N) is 1. The number of hydrogen-bond acceptors (Lipinski definition) is 1. The third-order valence-corrected chi connectivity index (χ3v) is 4.89. The summed E-state index contributed by atoms with van der Waals surface area (Å²) in [5, 5.41) is 10.4. The fourth-order valence-electron chi connectivity index (χ4n) is 3.09. The second kappa shape index (κ2) is 9.79. The van der Waals surface area contributed by atoms with Gasteiger partial charge in [-0.05, 0) is 36.0 Å². The van der Waals surface area contributed by atoms with Crippen molar-refractivity contribution >= 4 is 0 Å². The van der Waals surface area contributed by atoms with Crippen molar-refractivity contribution in [2.24, 2.45) is 11.8 Å². The fraction of sp³-hybridized carbons (Fsp3) is 0.545. The second-order valence-electron chi connectivity index (χ2n) is 7.99. The molecule has 0 aliphatic rings. The molecule has 2 atom stereocenters. The lowest BCUT2D eigenvalue weighted by atomic mass is 10.1. The van der Waals surface area contributed by atoms with Crippen LogP contribution >= 0.6 is 0 Å².